The number of methoxy groups -OCH3 is 2. The summed E-state index contributed by atoms with van der Waals surface area (Å²) in [5.41, 5.74) is 6.22. The molecule has 10 heteroatoms. The fraction of sp³-hybridized carbons (Fsp3) is 0.348. The molecule has 4 amide bonds. The maximum absolute atomic E-state index is 13.1. The topological polar surface area (TPSA) is 132 Å². The number of carbonyl (C=O) groups is 3. The number of para-hydroxylation sites is 1. The lowest BCUT2D eigenvalue weighted by Gasteiger charge is -2.32. The Balaban J connectivity index is 1.60. The number of piperidine rings is 1. The Bertz CT molecular complexity index is 965. The van der Waals surface area contributed by atoms with Crippen molar-refractivity contribution >= 4 is 23.5 Å². The first-order chi connectivity index (χ1) is 15.9. The number of nitrogens with zero attached hydrogens (tertiary/aromatic N) is 1. The first-order valence-electron chi connectivity index (χ1n) is 10.5. The van der Waals surface area contributed by atoms with Crippen molar-refractivity contribution in [3.63, 3.8) is 0 Å². The minimum atomic E-state index is -0.645. The highest BCUT2D eigenvalue weighted by Crippen LogP contribution is 2.39. The van der Waals surface area contributed by atoms with Crippen molar-refractivity contribution in [3.05, 3.63) is 48.0 Å². The zero-order chi connectivity index (χ0) is 23.8. The molecule has 0 radical (unpaired) electrons. The summed E-state index contributed by atoms with van der Waals surface area (Å²) in [5, 5.41) is 5.75. The number of amides is 4. The van der Waals surface area contributed by atoms with Gasteiger partial charge in [0.25, 0.3) is 11.8 Å². The maximum atomic E-state index is 13.1. The molecular formula is C23H28N4O6. The van der Waals surface area contributed by atoms with E-state index in [4.69, 9.17) is 19.9 Å². The van der Waals surface area contributed by atoms with Gasteiger partial charge in [0.2, 0.25) is 5.75 Å². The van der Waals surface area contributed by atoms with Crippen molar-refractivity contribution in [2.24, 2.45) is 5.73 Å². The standard InChI is InChI=1S/C23H28N4O6/c1-31-18-12-15(13-19(32-2)21(18)33-14-20(24)28)22(29)27-10-8-17(9-11-27)26-23(30)25-16-6-4-3-5-7-16/h3-7,12-13,17H,8-11,14H2,1-2H3,(H2,24,28)(H2,25,26,30). The fourth-order valence-corrected chi connectivity index (χ4v) is 3.57. The number of hydrogen-bond acceptors (Lipinski definition) is 6. The van der Waals surface area contributed by atoms with Gasteiger partial charge in [-0.15, -0.1) is 0 Å². The van der Waals surface area contributed by atoms with E-state index >= 15 is 0 Å². The second-order valence-corrected chi connectivity index (χ2v) is 7.50. The summed E-state index contributed by atoms with van der Waals surface area (Å²) in [6.07, 6.45) is 1.25. The van der Waals surface area contributed by atoms with E-state index in [1.807, 2.05) is 30.3 Å². The maximum Gasteiger partial charge on any atom is 0.319 e. The Morgan fingerprint density at radius 3 is 2.18 bits per heavy atom. The second kappa shape index (κ2) is 11.1. The predicted octanol–water partition coefficient (Wildman–Crippen LogP) is 1.99. The van der Waals surface area contributed by atoms with Crippen LogP contribution in [0.2, 0.25) is 0 Å². The predicted molar refractivity (Wildman–Crippen MR) is 122 cm³/mol. The zero-order valence-electron chi connectivity index (χ0n) is 18.6. The third-order valence-electron chi connectivity index (χ3n) is 5.22. The average Bonchev–Trinajstić information content (AvgIpc) is 2.82. The van der Waals surface area contributed by atoms with Crippen LogP contribution in [-0.2, 0) is 4.79 Å². The molecule has 1 saturated heterocycles. The van der Waals surface area contributed by atoms with Gasteiger partial charge in [-0.25, -0.2) is 4.79 Å². The molecule has 2 aromatic rings. The smallest absolute Gasteiger partial charge is 0.319 e. The molecule has 0 bridgehead atoms. The van der Waals surface area contributed by atoms with E-state index in [0.29, 0.717) is 37.2 Å². The number of anilines is 1. The van der Waals surface area contributed by atoms with Crippen molar-refractivity contribution < 1.29 is 28.6 Å². The van der Waals surface area contributed by atoms with E-state index in [2.05, 4.69) is 10.6 Å². The van der Waals surface area contributed by atoms with Crippen LogP contribution in [0.3, 0.4) is 0 Å². The molecule has 0 atom stereocenters. The van der Waals surface area contributed by atoms with E-state index < -0.39 is 5.91 Å². The zero-order valence-corrected chi connectivity index (χ0v) is 18.6. The highest BCUT2D eigenvalue weighted by Gasteiger charge is 2.26. The monoisotopic (exact) mass is 456 g/mol. The van der Waals surface area contributed by atoms with Gasteiger partial charge < -0.3 is 35.5 Å². The molecule has 0 aliphatic carbocycles. The number of benzene rings is 2. The molecule has 10 nitrogen and oxygen atoms in total. The molecule has 176 valence electrons. The number of urea groups is 1. The van der Waals surface area contributed by atoms with Gasteiger partial charge in [0.05, 0.1) is 14.2 Å². The lowest BCUT2D eigenvalue weighted by Crippen LogP contribution is -2.47. The van der Waals surface area contributed by atoms with Crippen molar-refractivity contribution in [1.29, 1.82) is 0 Å². The van der Waals surface area contributed by atoms with Crippen LogP contribution >= 0.6 is 0 Å². The Kier molecular flexibility index (Phi) is 7.96. The minimum Gasteiger partial charge on any atom is -0.493 e. The van der Waals surface area contributed by atoms with Crippen LogP contribution in [-0.4, -0.2) is 62.7 Å². The van der Waals surface area contributed by atoms with Gasteiger partial charge in [0, 0.05) is 30.4 Å². The molecule has 4 N–H and O–H groups in total. The van der Waals surface area contributed by atoms with Gasteiger partial charge in [0.15, 0.2) is 18.1 Å². The highest BCUT2D eigenvalue weighted by molar-refractivity contribution is 5.96. The number of primary amides is 1. The summed E-state index contributed by atoms with van der Waals surface area (Å²) in [6, 6.07) is 12.0. The minimum absolute atomic E-state index is 0.0357. The van der Waals surface area contributed by atoms with E-state index in [1.54, 1.807) is 17.0 Å². The van der Waals surface area contributed by atoms with Crippen LogP contribution < -0.4 is 30.6 Å². The van der Waals surface area contributed by atoms with E-state index in [0.717, 1.165) is 0 Å². The van der Waals surface area contributed by atoms with Gasteiger partial charge in [-0.3, -0.25) is 9.59 Å². The Hall–Kier alpha value is -3.95. The van der Waals surface area contributed by atoms with Crippen LogP contribution in [0.15, 0.2) is 42.5 Å². The number of nitrogens with one attached hydrogen (secondary N) is 2. The van der Waals surface area contributed by atoms with Crippen molar-refractivity contribution in [1.82, 2.24) is 10.2 Å². The number of carbonyl (C=O) groups excluding carboxylic acids is 3. The third-order valence-corrected chi connectivity index (χ3v) is 5.22. The fourth-order valence-electron chi connectivity index (χ4n) is 3.57. The van der Waals surface area contributed by atoms with Crippen LogP contribution in [0.5, 0.6) is 17.2 Å². The molecule has 1 fully saturated rings. The lowest BCUT2D eigenvalue weighted by atomic mass is 10.0. The molecule has 0 unspecified atom stereocenters. The van der Waals surface area contributed by atoms with Crippen LogP contribution in [0.4, 0.5) is 10.5 Å². The molecule has 1 heterocycles. The Morgan fingerprint density at radius 1 is 1.03 bits per heavy atom. The summed E-state index contributed by atoms with van der Waals surface area (Å²) in [5.74, 6) is -0.128. The van der Waals surface area contributed by atoms with Crippen LogP contribution in [0, 0.1) is 0 Å². The SMILES string of the molecule is COc1cc(C(=O)N2CCC(NC(=O)Nc3ccccc3)CC2)cc(OC)c1OCC(N)=O. The van der Waals surface area contributed by atoms with E-state index in [1.165, 1.54) is 14.2 Å². The molecular weight excluding hydrogens is 428 g/mol. The molecule has 3 rings (SSSR count). The average molecular weight is 456 g/mol. The van der Waals surface area contributed by atoms with Gasteiger partial charge in [-0.05, 0) is 37.1 Å². The summed E-state index contributed by atoms with van der Waals surface area (Å²) in [6.45, 7) is 0.623. The number of ether oxygens (including phenoxy) is 3. The first-order valence-corrected chi connectivity index (χ1v) is 10.5. The number of nitrogens with two attached hydrogens (primary N) is 1. The summed E-state index contributed by atoms with van der Waals surface area (Å²) >= 11 is 0. The van der Waals surface area contributed by atoms with Crippen molar-refractivity contribution in [2.45, 2.75) is 18.9 Å². The van der Waals surface area contributed by atoms with Gasteiger partial charge >= 0.3 is 6.03 Å². The normalized spacial score (nSPS) is 13.7. The molecule has 1 aliphatic heterocycles. The molecule has 0 saturated carbocycles. The molecule has 1 aliphatic rings. The number of hydrogen-bond donors (Lipinski definition) is 3. The molecule has 0 aromatic heterocycles. The van der Waals surface area contributed by atoms with Gasteiger partial charge in [0.1, 0.15) is 0 Å². The summed E-state index contributed by atoms with van der Waals surface area (Å²) < 4.78 is 16.0. The van der Waals surface area contributed by atoms with Crippen LogP contribution in [0.1, 0.15) is 23.2 Å². The molecule has 33 heavy (non-hydrogen) atoms. The largest absolute Gasteiger partial charge is 0.493 e. The lowest BCUT2D eigenvalue weighted by molar-refractivity contribution is -0.120. The first kappa shape index (κ1) is 23.7. The number of rotatable bonds is 8. The van der Waals surface area contributed by atoms with E-state index in [-0.39, 0.29) is 41.8 Å². The van der Waals surface area contributed by atoms with Crippen molar-refractivity contribution in [2.75, 3.05) is 39.2 Å². The van der Waals surface area contributed by atoms with Crippen molar-refractivity contribution in [3.8, 4) is 17.2 Å². The Labute approximate surface area is 192 Å². The highest BCUT2D eigenvalue weighted by atomic mass is 16.5. The third kappa shape index (κ3) is 6.28. The van der Waals surface area contributed by atoms with E-state index in [9.17, 15) is 14.4 Å². The number of likely N-dealkylation sites (tertiary alicyclic amines) is 1. The quantitative estimate of drug-likeness (QED) is 0.557. The summed E-state index contributed by atoms with van der Waals surface area (Å²) in [4.78, 5) is 38.1. The Morgan fingerprint density at radius 2 is 1.64 bits per heavy atom. The van der Waals surface area contributed by atoms with Gasteiger partial charge in [-0.2, -0.15) is 0 Å². The molecule has 0 spiro atoms. The summed E-state index contributed by atoms with van der Waals surface area (Å²) in [7, 11) is 2.86. The second-order valence-electron chi connectivity index (χ2n) is 7.50. The van der Waals surface area contributed by atoms with Crippen LogP contribution in [0.25, 0.3) is 0 Å². The van der Waals surface area contributed by atoms with Gasteiger partial charge in [-0.1, -0.05) is 18.2 Å². The molecule has 2 aromatic carbocycles.